The Morgan fingerprint density at radius 3 is 2.67 bits per heavy atom. The normalized spacial score (nSPS) is 9.50. The molecule has 0 bridgehead atoms. The zero-order valence-corrected chi connectivity index (χ0v) is 3.89. The van der Waals surface area contributed by atoms with Gasteiger partial charge in [-0.05, 0) is 6.42 Å². The number of rotatable bonds is 2. The lowest BCUT2D eigenvalue weighted by molar-refractivity contribution is 1.22. The summed E-state index contributed by atoms with van der Waals surface area (Å²) in [7, 11) is 0. The molecule has 2 heteroatoms. The Kier molecular flexibility index (Phi) is 3.86. The topological polar surface area (TPSA) is 24.7 Å². The van der Waals surface area contributed by atoms with Crippen LogP contribution in [0.15, 0.2) is 10.2 Å². The van der Waals surface area contributed by atoms with E-state index in [2.05, 4.69) is 16.9 Å². The van der Waals surface area contributed by atoms with E-state index in [0.29, 0.717) is 0 Å². The van der Waals surface area contributed by atoms with Crippen LogP contribution in [-0.2, 0) is 0 Å². The molecule has 0 atom stereocenters. The number of hydrogen-bond acceptors (Lipinski definition) is 2. The molecule has 2 nitrogen and oxygen atoms in total. The minimum absolute atomic E-state index is 0.930. The maximum atomic E-state index is 3.48. The Labute approximate surface area is 37.6 Å². The van der Waals surface area contributed by atoms with Gasteiger partial charge in [0.05, 0.1) is 0 Å². The fourth-order valence-corrected chi connectivity index (χ4v) is 0.139. The van der Waals surface area contributed by atoms with E-state index in [-0.39, 0.29) is 0 Å². The Morgan fingerprint density at radius 2 is 2.50 bits per heavy atom. The highest BCUT2D eigenvalue weighted by Gasteiger charge is 1.56. The van der Waals surface area contributed by atoms with E-state index in [1.807, 2.05) is 6.92 Å². The molecule has 0 unspecified atom stereocenters. The van der Waals surface area contributed by atoms with Gasteiger partial charge in [0.25, 0.3) is 0 Å². The maximum absolute atomic E-state index is 3.48. The van der Waals surface area contributed by atoms with Crippen molar-refractivity contribution in [1.29, 1.82) is 0 Å². The summed E-state index contributed by atoms with van der Waals surface area (Å²) < 4.78 is 0. The third-order valence-electron chi connectivity index (χ3n) is 0.346. The van der Waals surface area contributed by atoms with Crippen molar-refractivity contribution in [3.8, 4) is 0 Å². The second kappa shape index (κ2) is 4.34. The van der Waals surface area contributed by atoms with E-state index in [0.717, 1.165) is 6.42 Å². The Bertz CT molecular complexity index is 56.6. The van der Waals surface area contributed by atoms with Crippen LogP contribution in [0.5, 0.6) is 0 Å². The fraction of sp³-hybridized carbons (Fsp3) is 0.500. The van der Waals surface area contributed by atoms with Crippen molar-refractivity contribution in [2.75, 3.05) is 0 Å². The predicted molar refractivity (Wildman–Crippen MR) is 28.3 cm³/mol. The van der Waals surface area contributed by atoms with Crippen LogP contribution in [0, 0.1) is 0 Å². The maximum Gasteiger partial charge on any atom is 0.0267 e. The smallest absolute Gasteiger partial charge is 0.0267 e. The van der Waals surface area contributed by atoms with Gasteiger partial charge in [0.2, 0.25) is 0 Å². The Balaban J connectivity index is 2.94. The van der Waals surface area contributed by atoms with Crippen LogP contribution in [0.3, 0.4) is 0 Å². The van der Waals surface area contributed by atoms with Crippen molar-refractivity contribution in [2.45, 2.75) is 13.3 Å². The van der Waals surface area contributed by atoms with Crippen LogP contribution in [0.4, 0.5) is 0 Å². The summed E-state index contributed by atoms with van der Waals surface area (Å²) in [6, 6.07) is 0. The van der Waals surface area contributed by atoms with Crippen molar-refractivity contribution < 1.29 is 0 Å². The van der Waals surface area contributed by atoms with Gasteiger partial charge < -0.3 is 0 Å². The van der Waals surface area contributed by atoms with Gasteiger partial charge in [-0.2, -0.15) is 10.2 Å². The molecule has 0 aromatic heterocycles. The molecule has 0 aliphatic rings. The number of nitrogens with zero attached hydrogens (tertiary/aromatic N) is 2. The van der Waals surface area contributed by atoms with E-state index in [9.17, 15) is 0 Å². The molecule has 0 fully saturated rings. The van der Waals surface area contributed by atoms with E-state index < -0.39 is 0 Å². The molecule has 34 valence electrons. The summed E-state index contributed by atoms with van der Waals surface area (Å²) in [5.74, 6) is 0. The second-order valence-electron chi connectivity index (χ2n) is 0.848. The summed E-state index contributed by atoms with van der Waals surface area (Å²) in [5, 5.41) is 6.72. The Morgan fingerprint density at radius 1 is 1.83 bits per heavy atom. The first-order chi connectivity index (χ1) is 2.91. The molecule has 0 radical (unpaired) electrons. The minimum atomic E-state index is 0.930. The van der Waals surface area contributed by atoms with Crippen LogP contribution < -0.4 is 0 Å². The van der Waals surface area contributed by atoms with Gasteiger partial charge in [-0.3, -0.25) is 0 Å². The summed E-state index contributed by atoms with van der Waals surface area (Å²) in [4.78, 5) is 0. The first-order valence-corrected chi connectivity index (χ1v) is 1.89. The summed E-state index contributed by atoms with van der Waals surface area (Å²) in [6.07, 6.45) is 2.63. The fourth-order valence-electron chi connectivity index (χ4n) is 0.139. The van der Waals surface area contributed by atoms with Crippen LogP contribution in [-0.4, -0.2) is 12.9 Å². The van der Waals surface area contributed by atoms with Crippen molar-refractivity contribution in [1.82, 2.24) is 0 Å². The highest BCUT2D eigenvalue weighted by molar-refractivity contribution is 5.56. The van der Waals surface area contributed by atoms with Gasteiger partial charge in [-0.15, -0.1) is 0 Å². The van der Waals surface area contributed by atoms with Crippen LogP contribution in [0.25, 0.3) is 0 Å². The van der Waals surface area contributed by atoms with Crippen molar-refractivity contribution in [2.24, 2.45) is 10.2 Å². The van der Waals surface area contributed by atoms with Gasteiger partial charge in [0.1, 0.15) is 0 Å². The Hall–Kier alpha value is -0.660. The van der Waals surface area contributed by atoms with Crippen molar-refractivity contribution in [3.05, 3.63) is 0 Å². The third kappa shape index (κ3) is 3.34. The lowest BCUT2D eigenvalue weighted by Crippen LogP contribution is -1.60. The minimum Gasteiger partial charge on any atom is -0.167 e. The van der Waals surface area contributed by atoms with Crippen LogP contribution in [0.2, 0.25) is 0 Å². The molecule has 0 aromatic carbocycles. The molecule has 0 N–H and O–H groups in total. The van der Waals surface area contributed by atoms with Gasteiger partial charge in [-0.25, -0.2) is 0 Å². The molecule has 0 rings (SSSR count). The second-order valence-corrected chi connectivity index (χ2v) is 0.848. The van der Waals surface area contributed by atoms with E-state index in [1.54, 1.807) is 6.21 Å². The third-order valence-corrected chi connectivity index (χ3v) is 0.346. The van der Waals surface area contributed by atoms with Crippen molar-refractivity contribution in [3.63, 3.8) is 0 Å². The molecule has 0 aliphatic heterocycles. The highest BCUT2D eigenvalue weighted by Crippen LogP contribution is 1.66. The quantitative estimate of drug-likeness (QED) is 0.353. The lowest BCUT2D eigenvalue weighted by atomic mass is 10.6. The molecular weight excluding hydrogens is 76.1 g/mol. The molecule has 0 aliphatic carbocycles. The standard InChI is InChI=1S/C4H8N2/c1-3-4-6-5-2/h4H,2-3H2,1H3. The van der Waals surface area contributed by atoms with Gasteiger partial charge in [0, 0.05) is 12.9 Å². The first-order valence-electron chi connectivity index (χ1n) is 1.89. The summed E-state index contributed by atoms with van der Waals surface area (Å²) in [6.45, 7) is 5.14. The van der Waals surface area contributed by atoms with Crippen molar-refractivity contribution >= 4 is 12.9 Å². The van der Waals surface area contributed by atoms with Gasteiger partial charge >= 0.3 is 0 Å². The van der Waals surface area contributed by atoms with Gasteiger partial charge in [0.15, 0.2) is 0 Å². The summed E-state index contributed by atoms with van der Waals surface area (Å²) >= 11 is 0. The zero-order valence-electron chi connectivity index (χ0n) is 3.89. The molecular formula is C4H8N2. The molecule has 0 heterocycles. The van der Waals surface area contributed by atoms with E-state index in [1.165, 1.54) is 0 Å². The molecule has 0 saturated carbocycles. The van der Waals surface area contributed by atoms with Gasteiger partial charge in [-0.1, -0.05) is 6.92 Å². The predicted octanol–water partition coefficient (Wildman–Crippen LogP) is 1.08. The number of hydrogen-bond donors (Lipinski definition) is 0. The SMILES string of the molecule is C=NN=CCC. The molecule has 0 spiro atoms. The highest BCUT2D eigenvalue weighted by atomic mass is 15.2. The average molecular weight is 84.1 g/mol. The van der Waals surface area contributed by atoms with Crippen LogP contribution >= 0.6 is 0 Å². The zero-order chi connectivity index (χ0) is 4.83. The van der Waals surface area contributed by atoms with E-state index in [4.69, 9.17) is 0 Å². The molecule has 0 amide bonds. The molecule has 0 aromatic rings. The largest absolute Gasteiger partial charge is 0.167 e. The van der Waals surface area contributed by atoms with E-state index >= 15 is 0 Å². The average Bonchev–Trinajstić information content (AvgIpc) is 1.61. The summed E-state index contributed by atoms with van der Waals surface area (Å²) in [5.41, 5.74) is 0. The lowest BCUT2D eigenvalue weighted by Gasteiger charge is -1.67. The van der Waals surface area contributed by atoms with Crippen LogP contribution in [0.1, 0.15) is 13.3 Å². The monoisotopic (exact) mass is 84.1 g/mol. The molecule has 6 heavy (non-hydrogen) atoms. The molecule has 0 saturated heterocycles. The first kappa shape index (κ1) is 5.34.